The number of hydrogen-bond acceptors (Lipinski definition) is 3. The minimum Gasteiger partial charge on any atom is -0.271 e. The van der Waals surface area contributed by atoms with Gasteiger partial charge in [-0.05, 0) is 43.0 Å². The van der Waals surface area contributed by atoms with Gasteiger partial charge in [-0.1, -0.05) is 11.6 Å². The van der Waals surface area contributed by atoms with E-state index < -0.39 is 12.1 Å². The van der Waals surface area contributed by atoms with E-state index in [9.17, 15) is 13.2 Å². The van der Waals surface area contributed by atoms with Crippen LogP contribution >= 0.6 is 22.9 Å². The fourth-order valence-electron chi connectivity index (χ4n) is 2.73. The molecule has 2 nitrogen and oxygen atoms in total. The van der Waals surface area contributed by atoms with Gasteiger partial charge < -0.3 is 0 Å². The zero-order chi connectivity index (χ0) is 14.0. The third-order valence-electron chi connectivity index (χ3n) is 3.81. The van der Waals surface area contributed by atoms with E-state index in [1.165, 1.54) is 11.3 Å². The average molecular weight is 313 g/mol. The van der Waals surface area contributed by atoms with E-state index >= 15 is 0 Å². The second-order valence-corrected chi connectivity index (χ2v) is 6.29. The number of alkyl halides is 3. The first-order valence-corrected chi connectivity index (χ1v) is 7.45. The van der Waals surface area contributed by atoms with Crippen LogP contribution in [0.4, 0.5) is 13.2 Å². The molecule has 1 heterocycles. The molecular formula is C12H16ClF3N2S. The normalized spacial score (nSPS) is 26.4. The predicted octanol–water partition coefficient (Wildman–Crippen LogP) is 4.27. The molecule has 1 atom stereocenters. The molecule has 0 radical (unpaired) electrons. The van der Waals surface area contributed by atoms with Crippen molar-refractivity contribution in [3.05, 3.63) is 21.3 Å². The number of nitrogens with two attached hydrogens (primary N) is 1. The van der Waals surface area contributed by atoms with Gasteiger partial charge in [0, 0.05) is 4.88 Å². The van der Waals surface area contributed by atoms with Gasteiger partial charge in [0.05, 0.1) is 17.0 Å². The van der Waals surface area contributed by atoms with Gasteiger partial charge in [0.2, 0.25) is 0 Å². The molecule has 2 rings (SSSR count). The average Bonchev–Trinajstić information content (AvgIpc) is 2.76. The molecule has 3 N–H and O–H groups in total. The molecule has 1 aliphatic carbocycles. The zero-order valence-corrected chi connectivity index (χ0v) is 11.8. The Morgan fingerprint density at radius 1 is 1.32 bits per heavy atom. The van der Waals surface area contributed by atoms with Crippen molar-refractivity contribution in [1.82, 2.24) is 5.43 Å². The van der Waals surface area contributed by atoms with Crippen molar-refractivity contribution < 1.29 is 13.2 Å². The second kappa shape index (κ2) is 5.99. The van der Waals surface area contributed by atoms with Crippen molar-refractivity contribution in [1.29, 1.82) is 0 Å². The maximum absolute atomic E-state index is 12.6. The van der Waals surface area contributed by atoms with Crippen LogP contribution in [0.1, 0.15) is 36.6 Å². The number of halogens is 4. The summed E-state index contributed by atoms with van der Waals surface area (Å²) in [6.45, 7) is 0. The van der Waals surface area contributed by atoms with Crippen molar-refractivity contribution in [2.75, 3.05) is 0 Å². The summed E-state index contributed by atoms with van der Waals surface area (Å²) in [7, 11) is 0. The monoisotopic (exact) mass is 312 g/mol. The smallest absolute Gasteiger partial charge is 0.271 e. The fourth-order valence-corrected chi connectivity index (χ4v) is 4.06. The highest BCUT2D eigenvalue weighted by Crippen LogP contribution is 2.44. The van der Waals surface area contributed by atoms with E-state index in [1.54, 1.807) is 6.07 Å². The number of hydrogen-bond donors (Lipinski definition) is 2. The van der Waals surface area contributed by atoms with Crippen LogP contribution < -0.4 is 11.3 Å². The molecule has 0 saturated heterocycles. The Bertz CT molecular complexity index is 413. The lowest BCUT2D eigenvalue weighted by Gasteiger charge is -2.34. The number of rotatable bonds is 3. The highest BCUT2D eigenvalue weighted by atomic mass is 35.5. The van der Waals surface area contributed by atoms with Gasteiger partial charge in [0.25, 0.3) is 0 Å². The number of hydrazine groups is 1. The lowest BCUT2D eigenvalue weighted by molar-refractivity contribution is -0.184. The van der Waals surface area contributed by atoms with Crippen molar-refractivity contribution in [3.8, 4) is 0 Å². The standard InChI is InChI=1S/C12H16ClF3N2S/c13-9-5-6-19-11(9)10(18-17)7-1-3-8(4-2-7)12(14,15)16/h5-8,10,18H,1-4,17H2. The van der Waals surface area contributed by atoms with Gasteiger partial charge >= 0.3 is 6.18 Å². The van der Waals surface area contributed by atoms with E-state index in [0.717, 1.165) is 4.88 Å². The summed E-state index contributed by atoms with van der Waals surface area (Å²) in [5.74, 6) is 4.51. The van der Waals surface area contributed by atoms with Crippen LogP contribution in [0.3, 0.4) is 0 Å². The first-order valence-electron chi connectivity index (χ1n) is 6.19. The molecule has 0 amide bonds. The Labute approximate surface area is 119 Å². The lowest BCUT2D eigenvalue weighted by Crippen LogP contribution is -2.37. The van der Waals surface area contributed by atoms with E-state index in [4.69, 9.17) is 17.4 Å². The van der Waals surface area contributed by atoms with Gasteiger partial charge in [-0.15, -0.1) is 11.3 Å². The van der Waals surface area contributed by atoms with E-state index in [-0.39, 0.29) is 24.8 Å². The Morgan fingerprint density at radius 3 is 2.37 bits per heavy atom. The van der Waals surface area contributed by atoms with Crippen LogP contribution in [0.15, 0.2) is 11.4 Å². The van der Waals surface area contributed by atoms with Gasteiger partial charge in [0.1, 0.15) is 0 Å². The van der Waals surface area contributed by atoms with Gasteiger partial charge in [0.15, 0.2) is 0 Å². The maximum Gasteiger partial charge on any atom is 0.391 e. The SMILES string of the molecule is NNC(c1sccc1Cl)C1CCC(C(F)(F)F)CC1. The molecule has 1 aromatic rings. The Kier molecular flexibility index (Phi) is 4.76. The Balaban J connectivity index is 2.02. The maximum atomic E-state index is 12.6. The van der Waals surface area contributed by atoms with Gasteiger partial charge in [-0.2, -0.15) is 13.2 Å². The lowest BCUT2D eigenvalue weighted by atomic mass is 9.78. The summed E-state index contributed by atoms with van der Waals surface area (Å²) < 4.78 is 37.9. The van der Waals surface area contributed by atoms with Crippen LogP contribution in [0, 0.1) is 11.8 Å². The molecular weight excluding hydrogens is 297 g/mol. The Hall–Kier alpha value is -0.300. The van der Waals surface area contributed by atoms with Gasteiger partial charge in [-0.3, -0.25) is 11.3 Å². The second-order valence-electron chi connectivity index (χ2n) is 4.93. The summed E-state index contributed by atoms with van der Waals surface area (Å²) in [6, 6.07) is 1.63. The summed E-state index contributed by atoms with van der Waals surface area (Å²) in [5, 5.41) is 2.49. The molecule has 108 valence electrons. The summed E-state index contributed by atoms with van der Waals surface area (Å²) in [5.41, 5.74) is 2.71. The van der Waals surface area contributed by atoms with Crippen LogP contribution in [-0.2, 0) is 0 Å². The molecule has 7 heteroatoms. The first kappa shape index (κ1) is 15.1. The third-order valence-corrected chi connectivity index (χ3v) is 5.25. The molecule has 0 bridgehead atoms. The Morgan fingerprint density at radius 2 is 1.95 bits per heavy atom. The van der Waals surface area contributed by atoms with E-state index in [2.05, 4.69) is 5.43 Å². The van der Waals surface area contributed by atoms with Crippen LogP contribution in [-0.4, -0.2) is 6.18 Å². The molecule has 1 fully saturated rings. The highest BCUT2D eigenvalue weighted by Gasteiger charge is 2.42. The largest absolute Gasteiger partial charge is 0.391 e. The van der Waals surface area contributed by atoms with Crippen LogP contribution in [0.2, 0.25) is 5.02 Å². The van der Waals surface area contributed by atoms with E-state index in [1.807, 2.05) is 5.38 Å². The van der Waals surface area contributed by atoms with Crippen LogP contribution in [0.5, 0.6) is 0 Å². The molecule has 0 spiro atoms. The minimum atomic E-state index is -4.07. The molecule has 19 heavy (non-hydrogen) atoms. The molecule has 1 aliphatic rings. The fraction of sp³-hybridized carbons (Fsp3) is 0.667. The summed E-state index contributed by atoms with van der Waals surface area (Å²) >= 11 is 7.55. The molecule has 1 aromatic heterocycles. The molecule has 0 aromatic carbocycles. The molecule has 0 aliphatic heterocycles. The summed E-state index contributed by atoms with van der Waals surface area (Å²) in [4.78, 5) is 0.916. The van der Waals surface area contributed by atoms with Crippen molar-refractivity contribution in [2.45, 2.75) is 37.9 Å². The summed E-state index contributed by atoms with van der Waals surface area (Å²) in [6.07, 6.45) is -2.68. The first-order chi connectivity index (χ1) is 8.93. The highest BCUT2D eigenvalue weighted by molar-refractivity contribution is 7.10. The van der Waals surface area contributed by atoms with Gasteiger partial charge in [-0.25, -0.2) is 0 Å². The molecule has 1 saturated carbocycles. The van der Waals surface area contributed by atoms with Crippen molar-refractivity contribution in [3.63, 3.8) is 0 Å². The predicted molar refractivity (Wildman–Crippen MR) is 70.9 cm³/mol. The van der Waals surface area contributed by atoms with E-state index in [0.29, 0.717) is 17.9 Å². The minimum absolute atomic E-state index is 0.111. The van der Waals surface area contributed by atoms with Crippen molar-refractivity contribution in [2.24, 2.45) is 17.7 Å². The van der Waals surface area contributed by atoms with Crippen LogP contribution in [0.25, 0.3) is 0 Å². The quantitative estimate of drug-likeness (QED) is 0.646. The third kappa shape index (κ3) is 3.42. The number of nitrogens with one attached hydrogen (secondary N) is 1. The number of thiophene rings is 1. The molecule has 1 unspecified atom stereocenters. The topological polar surface area (TPSA) is 38.0 Å². The van der Waals surface area contributed by atoms with Crippen molar-refractivity contribution >= 4 is 22.9 Å². The zero-order valence-electron chi connectivity index (χ0n) is 10.2.